The highest BCUT2D eigenvalue weighted by molar-refractivity contribution is 7.80. The van der Waals surface area contributed by atoms with Gasteiger partial charge in [-0.1, -0.05) is 17.7 Å². The summed E-state index contributed by atoms with van der Waals surface area (Å²) in [4.78, 5) is 13.4. The number of thiocarbonyl (C=S) groups is 1. The van der Waals surface area contributed by atoms with E-state index >= 15 is 0 Å². The maximum absolute atomic E-state index is 11.7. The second-order valence-electron chi connectivity index (χ2n) is 5.45. The second-order valence-corrected chi connectivity index (χ2v) is 6.24. The normalized spacial score (nSPS) is 10.4. The number of amides is 1. The van der Waals surface area contributed by atoms with Gasteiger partial charge in [-0.2, -0.15) is 0 Å². The van der Waals surface area contributed by atoms with Gasteiger partial charge in [-0.3, -0.25) is 4.79 Å². The summed E-state index contributed by atoms with van der Waals surface area (Å²) in [6.45, 7) is 8.00. The molecule has 0 aliphatic carbocycles. The van der Waals surface area contributed by atoms with E-state index in [9.17, 15) is 4.79 Å². The first kappa shape index (κ1) is 17.7. The molecule has 116 valence electrons. The molecule has 0 aliphatic rings. The maximum Gasteiger partial charge on any atom is 0.239 e. The van der Waals surface area contributed by atoms with Crippen LogP contribution in [0.5, 0.6) is 0 Å². The topological polar surface area (TPSA) is 44.4 Å². The Labute approximate surface area is 136 Å². The molecule has 4 nitrogen and oxygen atoms in total. The molecule has 1 rings (SSSR count). The van der Waals surface area contributed by atoms with Crippen molar-refractivity contribution in [3.8, 4) is 0 Å². The lowest BCUT2D eigenvalue weighted by Crippen LogP contribution is -2.42. The Morgan fingerprint density at radius 1 is 1.38 bits per heavy atom. The fraction of sp³-hybridized carbons (Fsp3) is 0.467. The van der Waals surface area contributed by atoms with Crippen LogP contribution < -0.4 is 10.6 Å². The van der Waals surface area contributed by atoms with E-state index in [0.717, 1.165) is 16.8 Å². The van der Waals surface area contributed by atoms with E-state index in [4.69, 9.17) is 23.8 Å². The van der Waals surface area contributed by atoms with Crippen LogP contribution in [0.1, 0.15) is 25.0 Å². The van der Waals surface area contributed by atoms with Crippen molar-refractivity contribution in [2.45, 2.75) is 33.7 Å². The molecule has 1 amide bonds. The highest BCUT2D eigenvalue weighted by Gasteiger charge is 2.13. The number of halogens is 1. The molecule has 6 heteroatoms. The molecule has 21 heavy (non-hydrogen) atoms. The molecule has 0 heterocycles. The molecular formula is C15H22ClN3OS. The van der Waals surface area contributed by atoms with E-state index in [0.29, 0.717) is 10.1 Å². The van der Waals surface area contributed by atoms with E-state index in [1.165, 1.54) is 0 Å². The molecule has 0 radical (unpaired) electrons. The lowest BCUT2D eigenvalue weighted by atomic mass is 10.1. The average Bonchev–Trinajstić information content (AvgIpc) is 2.31. The van der Waals surface area contributed by atoms with Crippen molar-refractivity contribution in [3.05, 3.63) is 28.3 Å². The molecule has 0 aliphatic heterocycles. The molecule has 0 fully saturated rings. The Morgan fingerprint density at radius 2 is 2.00 bits per heavy atom. The summed E-state index contributed by atoms with van der Waals surface area (Å²) in [5, 5.41) is 7.02. The zero-order valence-electron chi connectivity index (χ0n) is 13.1. The van der Waals surface area contributed by atoms with Gasteiger partial charge in [0.2, 0.25) is 5.91 Å². The average molecular weight is 328 g/mol. The van der Waals surface area contributed by atoms with Crippen LogP contribution in [0, 0.1) is 13.8 Å². The molecule has 0 saturated carbocycles. The third kappa shape index (κ3) is 5.52. The second kappa shape index (κ2) is 7.61. The van der Waals surface area contributed by atoms with E-state index in [1.807, 2.05) is 39.8 Å². The van der Waals surface area contributed by atoms with Crippen LogP contribution in [0.4, 0.5) is 5.69 Å². The Kier molecular flexibility index (Phi) is 6.42. The van der Waals surface area contributed by atoms with Crippen molar-refractivity contribution in [2.24, 2.45) is 0 Å². The fourth-order valence-corrected chi connectivity index (χ4v) is 2.47. The molecule has 1 aromatic carbocycles. The highest BCUT2D eigenvalue weighted by atomic mass is 35.5. The number of likely N-dealkylation sites (N-methyl/N-ethyl adjacent to an activating group) is 1. The number of rotatable bonds is 4. The highest BCUT2D eigenvalue weighted by Crippen LogP contribution is 2.27. The van der Waals surface area contributed by atoms with Crippen LogP contribution in [0.3, 0.4) is 0 Å². The van der Waals surface area contributed by atoms with Crippen LogP contribution in [-0.2, 0) is 4.79 Å². The van der Waals surface area contributed by atoms with Crippen LogP contribution in [0.2, 0.25) is 5.02 Å². The van der Waals surface area contributed by atoms with Crippen molar-refractivity contribution in [1.29, 1.82) is 0 Å². The van der Waals surface area contributed by atoms with Crippen molar-refractivity contribution >= 4 is 40.5 Å². The van der Waals surface area contributed by atoms with Crippen LogP contribution in [-0.4, -0.2) is 35.6 Å². The molecule has 0 unspecified atom stereocenters. The minimum atomic E-state index is -0.0663. The van der Waals surface area contributed by atoms with Crippen molar-refractivity contribution in [3.63, 3.8) is 0 Å². The first-order chi connectivity index (χ1) is 9.70. The predicted octanol–water partition coefficient (Wildman–Crippen LogP) is 3.11. The number of carbonyl (C=O) groups excluding carboxylic acids is 1. The Hall–Kier alpha value is -1.33. The summed E-state index contributed by atoms with van der Waals surface area (Å²) >= 11 is 11.6. The van der Waals surface area contributed by atoms with E-state index in [2.05, 4.69) is 10.6 Å². The number of carbonyl (C=O) groups is 1. The summed E-state index contributed by atoms with van der Waals surface area (Å²) in [7, 11) is 1.77. The molecule has 0 saturated heterocycles. The third-order valence-corrected chi connectivity index (χ3v) is 3.55. The smallest absolute Gasteiger partial charge is 0.239 e. The largest absolute Gasteiger partial charge is 0.352 e. The van der Waals surface area contributed by atoms with Gasteiger partial charge in [-0.05, 0) is 57.1 Å². The Bertz CT molecular complexity index is 523. The molecule has 1 aromatic rings. The molecule has 0 atom stereocenters. The van der Waals surface area contributed by atoms with Gasteiger partial charge >= 0.3 is 0 Å². The predicted molar refractivity (Wildman–Crippen MR) is 93.1 cm³/mol. The summed E-state index contributed by atoms with van der Waals surface area (Å²) < 4.78 is 0. The molecule has 0 bridgehead atoms. The monoisotopic (exact) mass is 327 g/mol. The summed E-state index contributed by atoms with van der Waals surface area (Å²) in [6.07, 6.45) is 0. The number of hydrogen-bond donors (Lipinski definition) is 2. The standard InChI is InChI=1S/C15H22ClN3OS/c1-9(2)17-13(20)8-19(5)15(21)18-14-11(4)6-10(3)7-12(14)16/h6-7,9H,8H2,1-5H3,(H,17,20)(H,18,21). The molecule has 0 aromatic heterocycles. The van der Waals surface area contributed by atoms with Gasteiger partial charge in [0.25, 0.3) is 0 Å². The van der Waals surface area contributed by atoms with Gasteiger partial charge < -0.3 is 15.5 Å². The van der Waals surface area contributed by atoms with Crippen LogP contribution >= 0.6 is 23.8 Å². The van der Waals surface area contributed by atoms with Gasteiger partial charge in [0.1, 0.15) is 0 Å². The number of nitrogens with one attached hydrogen (secondary N) is 2. The molecule has 0 spiro atoms. The van der Waals surface area contributed by atoms with Crippen molar-refractivity contribution in [2.75, 3.05) is 18.9 Å². The quantitative estimate of drug-likeness (QED) is 0.834. The van der Waals surface area contributed by atoms with Crippen molar-refractivity contribution < 1.29 is 4.79 Å². The van der Waals surface area contributed by atoms with Gasteiger partial charge in [0, 0.05) is 13.1 Å². The lowest BCUT2D eigenvalue weighted by molar-refractivity contribution is -0.121. The van der Waals surface area contributed by atoms with Crippen LogP contribution in [0.25, 0.3) is 0 Å². The number of aryl methyl sites for hydroxylation is 2. The first-order valence-electron chi connectivity index (χ1n) is 6.79. The third-order valence-electron chi connectivity index (χ3n) is 2.84. The van der Waals surface area contributed by atoms with Crippen LogP contribution in [0.15, 0.2) is 12.1 Å². The number of hydrogen-bond acceptors (Lipinski definition) is 2. The summed E-state index contributed by atoms with van der Waals surface area (Å²) in [5.41, 5.74) is 2.89. The van der Waals surface area contributed by atoms with Gasteiger partial charge in [-0.25, -0.2) is 0 Å². The lowest BCUT2D eigenvalue weighted by Gasteiger charge is -2.22. The summed E-state index contributed by atoms with van der Waals surface area (Å²) in [5.74, 6) is -0.0663. The molecule has 2 N–H and O–H groups in total. The first-order valence-corrected chi connectivity index (χ1v) is 7.57. The minimum absolute atomic E-state index is 0.0663. The van der Waals surface area contributed by atoms with Gasteiger partial charge in [0.05, 0.1) is 17.3 Å². The number of nitrogens with zero attached hydrogens (tertiary/aromatic N) is 1. The molecular weight excluding hydrogens is 306 g/mol. The van der Waals surface area contributed by atoms with E-state index in [-0.39, 0.29) is 18.5 Å². The van der Waals surface area contributed by atoms with Gasteiger partial charge in [0.15, 0.2) is 5.11 Å². The minimum Gasteiger partial charge on any atom is -0.352 e. The Balaban J connectivity index is 2.71. The Morgan fingerprint density at radius 3 is 2.52 bits per heavy atom. The fourth-order valence-electron chi connectivity index (χ4n) is 1.93. The zero-order valence-corrected chi connectivity index (χ0v) is 14.7. The zero-order chi connectivity index (χ0) is 16.2. The van der Waals surface area contributed by atoms with E-state index in [1.54, 1.807) is 11.9 Å². The summed E-state index contributed by atoms with van der Waals surface area (Å²) in [6, 6.07) is 4.02. The van der Waals surface area contributed by atoms with Crippen molar-refractivity contribution in [1.82, 2.24) is 10.2 Å². The number of benzene rings is 1. The van der Waals surface area contributed by atoms with E-state index < -0.39 is 0 Å². The maximum atomic E-state index is 11.7. The number of anilines is 1. The van der Waals surface area contributed by atoms with Gasteiger partial charge in [-0.15, -0.1) is 0 Å². The SMILES string of the molecule is Cc1cc(C)c(NC(=S)N(C)CC(=O)NC(C)C)c(Cl)c1.